The highest BCUT2D eigenvalue weighted by atomic mass is 16.5. The summed E-state index contributed by atoms with van der Waals surface area (Å²) in [6.45, 7) is 3.22. The Morgan fingerprint density at radius 2 is 1.70 bits per heavy atom. The Bertz CT molecular complexity index is 886. The number of likely N-dealkylation sites (tertiary alicyclic amines) is 1. The van der Waals surface area contributed by atoms with Gasteiger partial charge in [0, 0.05) is 37.7 Å². The van der Waals surface area contributed by atoms with Gasteiger partial charge in [-0.2, -0.15) is 0 Å². The number of amides is 2. The second-order valence-corrected chi connectivity index (χ2v) is 7.71. The average Bonchev–Trinajstić information content (AvgIpc) is 2.81. The third-order valence-corrected chi connectivity index (χ3v) is 5.89. The molecule has 0 saturated carbocycles. The average molecular weight is 407 g/mol. The zero-order valence-electron chi connectivity index (χ0n) is 18.0. The van der Waals surface area contributed by atoms with Gasteiger partial charge >= 0.3 is 0 Å². The molecule has 0 aliphatic carbocycles. The van der Waals surface area contributed by atoms with E-state index in [9.17, 15) is 9.59 Å². The van der Waals surface area contributed by atoms with Crippen LogP contribution in [0, 0.1) is 5.92 Å². The van der Waals surface area contributed by atoms with Gasteiger partial charge in [-0.25, -0.2) is 0 Å². The van der Waals surface area contributed by atoms with Crippen molar-refractivity contribution in [2.45, 2.75) is 25.8 Å². The molecule has 1 atom stereocenters. The van der Waals surface area contributed by atoms with E-state index in [0.717, 1.165) is 16.9 Å². The highest BCUT2D eigenvalue weighted by Gasteiger charge is 2.31. The summed E-state index contributed by atoms with van der Waals surface area (Å²) in [5.41, 5.74) is 2.00. The van der Waals surface area contributed by atoms with Gasteiger partial charge in [0.05, 0.1) is 13.2 Å². The van der Waals surface area contributed by atoms with Gasteiger partial charge in [0.1, 0.15) is 5.75 Å². The molecular weight excluding hydrogens is 376 g/mol. The molecule has 2 aromatic carbocycles. The Kier molecular flexibility index (Phi) is 7.28. The minimum absolute atomic E-state index is 0.000460. The number of hydrogen-bond donors (Lipinski definition) is 0. The van der Waals surface area contributed by atoms with Gasteiger partial charge < -0.3 is 14.5 Å². The largest absolute Gasteiger partial charge is 0.496 e. The molecule has 0 radical (unpaired) electrons. The van der Waals surface area contributed by atoms with Gasteiger partial charge in [-0.3, -0.25) is 9.59 Å². The number of para-hydroxylation sites is 1. The lowest BCUT2D eigenvalue weighted by atomic mass is 9.94. The minimum Gasteiger partial charge on any atom is -0.496 e. The van der Waals surface area contributed by atoms with Crippen LogP contribution < -0.4 is 4.74 Å². The van der Waals surface area contributed by atoms with Crippen molar-refractivity contribution in [3.63, 3.8) is 0 Å². The Hall–Kier alpha value is -3.08. The molecule has 1 heterocycles. The van der Waals surface area contributed by atoms with Crippen LogP contribution in [0.2, 0.25) is 0 Å². The van der Waals surface area contributed by atoms with E-state index in [2.05, 4.69) is 0 Å². The summed E-state index contributed by atoms with van der Waals surface area (Å²) in [7, 11) is 3.49. The van der Waals surface area contributed by atoms with Gasteiger partial charge in [-0.05, 0) is 37.5 Å². The summed E-state index contributed by atoms with van der Waals surface area (Å²) in [6, 6.07) is 17.5. The zero-order chi connectivity index (χ0) is 21.5. The predicted molar refractivity (Wildman–Crippen MR) is 119 cm³/mol. The number of benzene rings is 2. The van der Waals surface area contributed by atoms with E-state index in [1.165, 1.54) is 0 Å². The SMILES string of the molecule is COc1ccccc1C(C)N(C)C(=O)C1CCN(C(=O)/C=C/c2ccccc2)CC1. The summed E-state index contributed by atoms with van der Waals surface area (Å²) in [5.74, 6) is 0.852. The maximum absolute atomic E-state index is 13.1. The Balaban J connectivity index is 1.55. The minimum atomic E-state index is -0.0814. The van der Waals surface area contributed by atoms with Crippen molar-refractivity contribution in [3.8, 4) is 5.75 Å². The van der Waals surface area contributed by atoms with Crippen molar-refractivity contribution in [2.75, 3.05) is 27.2 Å². The molecule has 0 aromatic heterocycles. The molecule has 3 rings (SSSR count). The Morgan fingerprint density at radius 3 is 2.37 bits per heavy atom. The first kappa shape index (κ1) is 21.6. The Morgan fingerprint density at radius 1 is 1.07 bits per heavy atom. The number of piperidine rings is 1. The highest BCUT2D eigenvalue weighted by Crippen LogP contribution is 2.30. The first-order chi connectivity index (χ1) is 14.5. The molecule has 30 heavy (non-hydrogen) atoms. The molecule has 158 valence electrons. The first-order valence-electron chi connectivity index (χ1n) is 10.4. The molecule has 1 aliphatic rings. The third kappa shape index (κ3) is 5.09. The maximum Gasteiger partial charge on any atom is 0.246 e. The molecule has 1 unspecified atom stereocenters. The first-order valence-corrected chi connectivity index (χ1v) is 10.4. The van der Waals surface area contributed by atoms with Crippen LogP contribution in [-0.4, -0.2) is 48.9 Å². The lowest BCUT2D eigenvalue weighted by Crippen LogP contribution is -2.43. The van der Waals surface area contributed by atoms with E-state index in [0.29, 0.717) is 25.9 Å². The highest BCUT2D eigenvalue weighted by molar-refractivity contribution is 5.92. The van der Waals surface area contributed by atoms with E-state index >= 15 is 0 Å². The lowest BCUT2D eigenvalue weighted by molar-refractivity contribution is -0.139. The van der Waals surface area contributed by atoms with Gasteiger partial charge in [0.25, 0.3) is 0 Å². The molecule has 1 aliphatic heterocycles. The van der Waals surface area contributed by atoms with Crippen molar-refractivity contribution in [3.05, 3.63) is 71.8 Å². The van der Waals surface area contributed by atoms with Gasteiger partial charge in [-0.1, -0.05) is 48.5 Å². The van der Waals surface area contributed by atoms with Crippen LogP contribution in [0.5, 0.6) is 5.75 Å². The number of nitrogens with zero attached hydrogens (tertiary/aromatic N) is 2. The van der Waals surface area contributed by atoms with Crippen LogP contribution in [0.25, 0.3) is 6.08 Å². The molecule has 0 spiro atoms. The molecule has 5 heteroatoms. The fourth-order valence-electron chi connectivity index (χ4n) is 3.88. The maximum atomic E-state index is 13.1. The number of rotatable bonds is 6. The predicted octanol–water partition coefficient (Wildman–Crippen LogP) is 4.17. The fraction of sp³-hybridized carbons (Fsp3) is 0.360. The van der Waals surface area contributed by atoms with Crippen molar-refractivity contribution in [1.82, 2.24) is 9.80 Å². The van der Waals surface area contributed by atoms with Gasteiger partial charge in [0.15, 0.2) is 0 Å². The smallest absolute Gasteiger partial charge is 0.246 e. The summed E-state index contributed by atoms with van der Waals surface area (Å²) in [6.07, 6.45) is 4.83. The molecule has 0 N–H and O–H groups in total. The molecule has 5 nitrogen and oxygen atoms in total. The van der Waals surface area contributed by atoms with Crippen LogP contribution in [0.15, 0.2) is 60.7 Å². The van der Waals surface area contributed by atoms with Crippen molar-refractivity contribution >= 4 is 17.9 Å². The number of carbonyl (C=O) groups excluding carboxylic acids is 2. The van der Waals surface area contributed by atoms with Gasteiger partial charge in [-0.15, -0.1) is 0 Å². The van der Waals surface area contributed by atoms with Gasteiger partial charge in [0.2, 0.25) is 11.8 Å². The number of methoxy groups -OCH3 is 1. The summed E-state index contributed by atoms with van der Waals surface area (Å²) >= 11 is 0. The quantitative estimate of drug-likeness (QED) is 0.677. The summed E-state index contributed by atoms with van der Waals surface area (Å²) in [4.78, 5) is 29.2. The standard InChI is InChI=1S/C25H30N2O3/c1-19(22-11-7-8-12-23(22)30-3)26(2)25(29)21-15-17-27(18-16-21)24(28)14-13-20-9-5-4-6-10-20/h4-14,19,21H,15-18H2,1-3H3/b14-13+. The number of carbonyl (C=O) groups is 2. The fourth-order valence-corrected chi connectivity index (χ4v) is 3.88. The zero-order valence-corrected chi connectivity index (χ0v) is 18.0. The normalized spacial score (nSPS) is 15.8. The monoisotopic (exact) mass is 406 g/mol. The molecular formula is C25H30N2O3. The summed E-state index contributed by atoms with van der Waals surface area (Å²) < 4.78 is 5.45. The van der Waals surface area contributed by atoms with E-state index in [1.54, 1.807) is 18.1 Å². The van der Waals surface area contributed by atoms with E-state index in [1.807, 2.05) is 79.5 Å². The van der Waals surface area contributed by atoms with Crippen LogP contribution in [0.4, 0.5) is 0 Å². The topological polar surface area (TPSA) is 49.9 Å². The van der Waals surface area contributed by atoms with E-state index in [-0.39, 0.29) is 23.8 Å². The van der Waals surface area contributed by atoms with E-state index in [4.69, 9.17) is 4.74 Å². The van der Waals surface area contributed by atoms with Crippen molar-refractivity contribution < 1.29 is 14.3 Å². The second-order valence-electron chi connectivity index (χ2n) is 7.71. The van der Waals surface area contributed by atoms with Crippen LogP contribution in [0.3, 0.4) is 0 Å². The molecule has 0 bridgehead atoms. The molecule has 1 fully saturated rings. The van der Waals surface area contributed by atoms with Crippen LogP contribution in [-0.2, 0) is 9.59 Å². The number of hydrogen-bond acceptors (Lipinski definition) is 3. The third-order valence-electron chi connectivity index (χ3n) is 5.89. The molecule has 1 saturated heterocycles. The van der Waals surface area contributed by atoms with Crippen LogP contribution in [0.1, 0.15) is 36.9 Å². The van der Waals surface area contributed by atoms with Crippen molar-refractivity contribution in [2.24, 2.45) is 5.92 Å². The van der Waals surface area contributed by atoms with E-state index < -0.39 is 0 Å². The van der Waals surface area contributed by atoms with Crippen molar-refractivity contribution in [1.29, 1.82) is 0 Å². The Labute approximate surface area is 178 Å². The molecule has 2 amide bonds. The number of ether oxygens (including phenoxy) is 1. The second kappa shape index (κ2) is 10.1. The lowest BCUT2D eigenvalue weighted by Gasteiger charge is -2.35. The molecule has 2 aromatic rings. The summed E-state index contributed by atoms with van der Waals surface area (Å²) in [5, 5.41) is 0. The van der Waals surface area contributed by atoms with Crippen LogP contribution >= 0.6 is 0 Å².